The van der Waals surface area contributed by atoms with Gasteiger partial charge in [-0.3, -0.25) is 0 Å². The molecule has 0 fully saturated rings. The van der Waals surface area contributed by atoms with Gasteiger partial charge in [-0.2, -0.15) is 0 Å². The van der Waals surface area contributed by atoms with E-state index in [9.17, 15) is 0 Å². The molecule has 2 heterocycles. The lowest BCUT2D eigenvalue weighted by Crippen LogP contribution is -2.26. The third-order valence-corrected chi connectivity index (χ3v) is 1.87. The lowest BCUT2D eigenvalue weighted by atomic mass is 10.1. The highest BCUT2D eigenvalue weighted by Gasteiger charge is 2.12. The van der Waals surface area contributed by atoms with Crippen LogP contribution < -0.4 is 5.32 Å². The predicted octanol–water partition coefficient (Wildman–Crippen LogP) is 3.04. The van der Waals surface area contributed by atoms with Crippen LogP contribution in [-0.4, -0.2) is 10.5 Å². The van der Waals surface area contributed by atoms with E-state index in [4.69, 9.17) is 4.42 Å². The lowest BCUT2D eigenvalue weighted by Gasteiger charge is -2.21. The first kappa shape index (κ1) is 9.06. The monoisotopic (exact) mass is 190 g/mol. The van der Waals surface area contributed by atoms with E-state index in [1.54, 1.807) is 12.5 Å². The first-order valence-corrected chi connectivity index (χ1v) is 4.67. The van der Waals surface area contributed by atoms with Gasteiger partial charge in [0.25, 0.3) is 0 Å². The Labute approximate surface area is 83.1 Å². The van der Waals surface area contributed by atoms with Gasteiger partial charge in [-0.05, 0) is 32.9 Å². The molecule has 2 aromatic rings. The minimum atomic E-state index is 0.0125. The van der Waals surface area contributed by atoms with Crippen molar-refractivity contribution in [1.29, 1.82) is 0 Å². The van der Waals surface area contributed by atoms with Crippen LogP contribution in [0.3, 0.4) is 0 Å². The predicted molar refractivity (Wildman–Crippen MR) is 57.4 cm³/mol. The maximum atomic E-state index is 5.29. The normalized spacial score (nSPS) is 11.9. The van der Waals surface area contributed by atoms with Gasteiger partial charge in [0.15, 0.2) is 0 Å². The molecule has 0 aliphatic carbocycles. The molecule has 0 saturated carbocycles. The van der Waals surface area contributed by atoms with Gasteiger partial charge >= 0.3 is 0 Å². The molecule has 0 atom stereocenters. The van der Waals surface area contributed by atoms with E-state index in [2.05, 4.69) is 31.1 Å². The van der Waals surface area contributed by atoms with Crippen molar-refractivity contribution in [3.63, 3.8) is 0 Å². The molecule has 14 heavy (non-hydrogen) atoms. The van der Waals surface area contributed by atoms with Crippen molar-refractivity contribution < 1.29 is 4.42 Å². The van der Waals surface area contributed by atoms with E-state index in [1.807, 2.05) is 12.1 Å². The number of furan rings is 1. The number of hydrogen-bond acceptors (Lipinski definition) is 3. The zero-order valence-electron chi connectivity index (χ0n) is 8.66. The summed E-state index contributed by atoms with van der Waals surface area (Å²) in [5.74, 6) is 0.878. The summed E-state index contributed by atoms with van der Waals surface area (Å²) < 4.78 is 5.29. The summed E-state index contributed by atoms with van der Waals surface area (Å²) in [5, 5.41) is 4.37. The Bertz CT molecular complexity index is 440. The summed E-state index contributed by atoms with van der Waals surface area (Å²) in [4.78, 5) is 4.29. The molecule has 1 N–H and O–H groups in total. The maximum Gasteiger partial charge on any atom is 0.139 e. The second kappa shape index (κ2) is 3.01. The lowest BCUT2D eigenvalue weighted by molar-refractivity contribution is 0.614. The molecule has 2 rings (SSSR count). The molecule has 0 aromatic carbocycles. The average Bonchev–Trinajstić information content (AvgIpc) is 2.49. The number of anilines is 1. The third-order valence-electron chi connectivity index (χ3n) is 1.87. The van der Waals surface area contributed by atoms with Gasteiger partial charge in [0.1, 0.15) is 11.4 Å². The van der Waals surface area contributed by atoms with E-state index in [0.29, 0.717) is 0 Å². The van der Waals surface area contributed by atoms with Crippen LogP contribution in [0.1, 0.15) is 20.8 Å². The van der Waals surface area contributed by atoms with Gasteiger partial charge in [0.2, 0.25) is 0 Å². The summed E-state index contributed by atoms with van der Waals surface area (Å²) in [6, 6.07) is 3.79. The van der Waals surface area contributed by atoms with E-state index >= 15 is 0 Å². The first-order chi connectivity index (χ1) is 6.56. The van der Waals surface area contributed by atoms with Gasteiger partial charge in [0.05, 0.1) is 11.6 Å². The molecule has 0 aliphatic rings. The maximum absolute atomic E-state index is 5.29. The summed E-state index contributed by atoms with van der Waals surface area (Å²) in [6.45, 7) is 6.31. The average molecular weight is 190 g/mol. The number of rotatable bonds is 1. The summed E-state index contributed by atoms with van der Waals surface area (Å²) in [7, 11) is 0. The fraction of sp³-hybridized carbons (Fsp3) is 0.364. The second-order valence-corrected chi connectivity index (χ2v) is 4.37. The number of hydrogen-bond donors (Lipinski definition) is 1. The second-order valence-electron chi connectivity index (χ2n) is 4.37. The molecule has 0 bridgehead atoms. The zero-order chi connectivity index (χ0) is 10.2. The first-order valence-electron chi connectivity index (χ1n) is 4.67. The Morgan fingerprint density at radius 3 is 2.79 bits per heavy atom. The summed E-state index contributed by atoms with van der Waals surface area (Å²) in [5.41, 5.74) is 0.880. The molecule has 0 radical (unpaired) electrons. The van der Waals surface area contributed by atoms with E-state index in [-0.39, 0.29) is 5.54 Å². The Balaban J connectivity index is 2.46. The number of fused-ring (bicyclic) bond motifs is 1. The molecule has 0 saturated heterocycles. The largest absolute Gasteiger partial charge is 0.464 e. The number of nitrogens with zero attached hydrogens (tertiary/aromatic N) is 1. The molecule has 74 valence electrons. The van der Waals surface area contributed by atoms with Crippen LogP contribution in [0.5, 0.6) is 0 Å². The Kier molecular flexibility index (Phi) is 1.95. The molecule has 3 nitrogen and oxygen atoms in total. The van der Waals surface area contributed by atoms with Crippen molar-refractivity contribution in [2.45, 2.75) is 26.3 Å². The molecule has 0 unspecified atom stereocenters. The highest BCUT2D eigenvalue weighted by atomic mass is 16.3. The van der Waals surface area contributed by atoms with Gasteiger partial charge < -0.3 is 9.73 Å². The van der Waals surface area contributed by atoms with Crippen LogP contribution in [0.15, 0.2) is 29.0 Å². The van der Waals surface area contributed by atoms with Gasteiger partial charge in [0, 0.05) is 11.7 Å². The quantitative estimate of drug-likeness (QED) is 0.751. The van der Waals surface area contributed by atoms with Crippen molar-refractivity contribution in [3.05, 3.63) is 24.6 Å². The van der Waals surface area contributed by atoms with Gasteiger partial charge in [-0.1, -0.05) is 0 Å². The fourth-order valence-corrected chi connectivity index (χ4v) is 1.35. The summed E-state index contributed by atoms with van der Waals surface area (Å²) in [6.07, 6.45) is 3.43. The number of pyridine rings is 1. The van der Waals surface area contributed by atoms with E-state index < -0.39 is 0 Å². The Morgan fingerprint density at radius 1 is 1.29 bits per heavy atom. The van der Waals surface area contributed by atoms with Crippen molar-refractivity contribution in [2.75, 3.05) is 5.32 Å². The number of aromatic nitrogens is 1. The standard InChI is InChI=1S/C11H14N2O/c1-11(2,3)13-10-8-5-7-14-9(8)4-6-12-10/h4-7H,1-3H3,(H,12,13). The minimum absolute atomic E-state index is 0.0125. The van der Waals surface area contributed by atoms with Crippen LogP contribution in [0, 0.1) is 0 Å². The SMILES string of the molecule is CC(C)(C)Nc1nccc2occc12. The van der Waals surface area contributed by atoms with Crippen LogP contribution >= 0.6 is 0 Å². The van der Waals surface area contributed by atoms with Crippen molar-refractivity contribution in [2.24, 2.45) is 0 Å². The third kappa shape index (κ3) is 1.71. The van der Waals surface area contributed by atoms with Crippen LogP contribution in [0.25, 0.3) is 11.0 Å². The Hall–Kier alpha value is -1.51. The van der Waals surface area contributed by atoms with Crippen LogP contribution in [0.4, 0.5) is 5.82 Å². The molecule has 0 spiro atoms. The Morgan fingerprint density at radius 2 is 2.07 bits per heavy atom. The molecule has 3 heteroatoms. The molecular weight excluding hydrogens is 176 g/mol. The van der Waals surface area contributed by atoms with Gasteiger partial charge in [-0.25, -0.2) is 4.98 Å². The van der Waals surface area contributed by atoms with Crippen LogP contribution in [-0.2, 0) is 0 Å². The zero-order valence-corrected chi connectivity index (χ0v) is 8.66. The van der Waals surface area contributed by atoms with Crippen molar-refractivity contribution >= 4 is 16.8 Å². The molecular formula is C11H14N2O. The topological polar surface area (TPSA) is 38.1 Å². The highest BCUT2D eigenvalue weighted by molar-refractivity contribution is 5.88. The molecule has 0 aliphatic heterocycles. The van der Waals surface area contributed by atoms with Gasteiger partial charge in [-0.15, -0.1) is 0 Å². The molecule has 2 aromatic heterocycles. The fourth-order valence-electron chi connectivity index (χ4n) is 1.35. The highest BCUT2D eigenvalue weighted by Crippen LogP contribution is 2.23. The summed E-state index contributed by atoms with van der Waals surface area (Å²) >= 11 is 0. The number of nitrogens with one attached hydrogen (secondary N) is 1. The smallest absolute Gasteiger partial charge is 0.139 e. The van der Waals surface area contributed by atoms with Crippen molar-refractivity contribution in [3.8, 4) is 0 Å². The molecule has 0 amide bonds. The van der Waals surface area contributed by atoms with Crippen LogP contribution in [0.2, 0.25) is 0 Å². The van der Waals surface area contributed by atoms with E-state index in [1.165, 1.54) is 0 Å². The van der Waals surface area contributed by atoms with E-state index in [0.717, 1.165) is 16.8 Å². The minimum Gasteiger partial charge on any atom is -0.464 e. The van der Waals surface area contributed by atoms with Crippen molar-refractivity contribution in [1.82, 2.24) is 4.98 Å².